The van der Waals surface area contributed by atoms with Crippen LogP contribution in [0, 0.1) is 6.92 Å². The van der Waals surface area contributed by atoms with E-state index >= 15 is 0 Å². The van der Waals surface area contributed by atoms with Crippen molar-refractivity contribution >= 4 is 56.6 Å². The van der Waals surface area contributed by atoms with Gasteiger partial charge in [-0.3, -0.25) is 4.79 Å². The van der Waals surface area contributed by atoms with Gasteiger partial charge in [-0.25, -0.2) is 19.4 Å². The summed E-state index contributed by atoms with van der Waals surface area (Å²) < 4.78 is 15.0. The molecular weight excluding hydrogens is 458 g/mol. The van der Waals surface area contributed by atoms with E-state index in [4.69, 9.17) is 14.2 Å². The quantitative estimate of drug-likeness (QED) is 0.282. The van der Waals surface area contributed by atoms with Crippen LogP contribution in [-0.2, 0) is 19.0 Å². The van der Waals surface area contributed by atoms with E-state index in [9.17, 15) is 19.2 Å². The third-order valence-electron chi connectivity index (χ3n) is 3.79. The summed E-state index contributed by atoms with van der Waals surface area (Å²) in [6.07, 6.45) is 1.65. The Kier molecular flexibility index (Phi) is 9.35. The molecule has 0 atom stereocenters. The fraction of sp³-hybridized carbons (Fsp3) is 0.350. The van der Waals surface area contributed by atoms with E-state index in [-0.39, 0.29) is 34.3 Å². The van der Waals surface area contributed by atoms with E-state index in [0.29, 0.717) is 17.2 Å². The third-order valence-corrected chi connectivity index (χ3v) is 5.77. The molecule has 0 aliphatic carbocycles. The molecule has 1 amide bonds. The molecule has 0 fully saturated rings. The van der Waals surface area contributed by atoms with Crippen LogP contribution in [0.2, 0.25) is 0 Å². The number of ether oxygens (including phenoxy) is 3. The molecule has 2 rings (SSSR count). The SMILES string of the molecule is C=CCNc1nc(C(=O)OCC(=O)Nc2sc(C(=O)OCC)c(C)c2C(=O)OCC)cs1. The summed E-state index contributed by atoms with van der Waals surface area (Å²) in [7, 11) is 0. The molecule has 0 saturated carbocycles. The lowest BCUT2D eigenvalue weighted by atomic mass is 10.1. The molecule has 2 heterocycles. The van der Waals surface area contributed by atoms with Crippen LogP contribution in [0.1, 0.15) is 49.9 Å². The lowest BCUT2D eigenvalue weighted by molar-refractivity contribution is -0.119. The standard InChI is InChI=1S/C20H23N3O7S2/c1-5-8-21-20-22-12(10-31-20)17(25)30-9-13(24)23-16-14(18(26)28-6-2)11(4)15(32-16)19(27)29-7-3/h5,10H,1,6-9H2,2-4H3,(H,21,22)(H,23,24). The highest BCUT2D eigenvalue weighted by Gasteiger charge is 2.27. The average Bonchev–Trinajstić information content (AvgIpc) is 3.35. The van der Waals surface area contributed by atoms with E-state index in [2.05, 4.69) is 22.2 Å². The Labute approximate surface area is 192 Å². The van der Waals surface area contributed by atoms with Crippen molar-refractivity contribution in [1.29, 1.82) is 0 Å². The first-order chi connectivity index (χ1) is 15.3. The number of esters is 3. The number of amides is 1. The molecular formula is C20H23N3O7S2. The second-order valence-corrected chi connectivity index (χ2v) is 7.91. The number of nitrogens with one attached hydrogen (secondary N) is 2. The molecule has 12 heteroatoms. The van der Waals surface area contributed by atoms with Gasteiger partial charge in [0.05, 0.1) is 18.8 Å². The van der Waals surface area contributed by atoms with Crippen molar-refractivity contribution in [1.82, 2.24) is 4.98 Å². The summed E-state index contributed by atoms with van der Waals surface area (Å²) in [6.45, 7) is 8.58. The second-order valence-electron chi connectivity index (χ2n) is 6.03. The van der Waals surface area contributed by atoms with Crippen LogP contribution in [0.15, 0.2) is 18.0 Å². The molecule has 172 valence electrons. The van der Waals surface area contributed by atoms with Gasteiger partial charge < -0.3 is 24.8 Å². The Morgan fingerprint density at radius 1 is 1.09 bits per heavy atom. The Hall–Kier alpha value is -3.25. The molecule has 0 radical (unpaired) electrons. The van der Waals surface area contributed by atoms with Gasteiger partial charge in [0.1, 0.15) is 9.88 Å². The highest BCUT2D eigenvalue weighted by molar-refractivity contribution is 7.18. The first kappa shape index (κ1) is 25.0. The number of thiazole rings is 1. The van der Waals surface area contributed by atoms with Crippen LogP contribution in [-0.4, -0.2) is 55.2 Å². The minimum absolute atomic E-state index is 0.0528. The number of carbonyl (C=O) groups is 4. The van der Waals surface area contributed by atoms with Crippen LogP contribution in [0.3, 0.4) is 0 Å². The highest BCUT2D eigenvalue weighted by atomic mass is 32.1. The number of nitrogens with zero attached hydrogens (tertiary/aromatic N) is 1. The maximum absolute atomic E-state index is 12.4. The van der Waals surface area contributed by atoms with Gasteiger partial charge in [0.15, 0.2) is 17.4 Å². The number of hydrogen-bond acceptors (Lipinski definition) is 11. The highest BCUT2D eigenvalue weighted by Crippen LogP contribution is 2.34. The molecule has 32 heavy (non-hydrogen) atoms. The third kappa shape index (κ3) is 6.37. The molecule has 0 spiro atoms. The molecule has 0 aliphatic rings. The predicted octanol–water partition coefficient (Wildman–Crippen LogP) is 3.26. The number of carbonyl (C=O) groups excluding carboxylic acids is 4. The van der Waals surface area contributed by atoms with Gasteiger partial charge in [-0.05, 0) is 26.3 Å². The second kappa shape index (κ2) is 12.0. The number of hydrogen-bond donors (Lipinski definition) is 2. The number of aromatic nitrogens is 1. The Bertz CT molecular complexity index is 1010. The van der Waals surface area contributed by atoms with Crippen molar-refractivity contribution in [3.63, 3.8) is 0 Å². The van der Waals surface area contributed by atoms with Crippen molar-refractivity contribution in [2.24, 2.45) is 0 Å². The average molecular weight is 482 g/mol. The smallest absolute Gasteiger partial charge is 0.358 e. The molecule has 2 N–H and O–H groups in total. The molecule has 0 bridgehead atoms. The summed E-state index contributed by atoms with van der Waals surface area (Å²) in [5, 5.41) is 7.56. The van der Waals surface area contributed by atoms with Crippen molar-refractivity contribution in [2.75, 3.05) is 37.0 Å². The van der Waals surface area contributed by atoms with Crippen molar-refractivity contribution in [3.8, 4) is 0 Å². The van der Waals surface area contributed by atoms with Crippen LogP contribution in [0.4, 0.5) is 10.1 Å². The topological polar surface area (TPSA) is 133 Å². The van der Waals surface area contributed by atoms with Gasteiger partial charge in [-0.15, -0.1) is 29.3 Å². The zero-order valence-electron chi connectivity index (χ0n) is 17.8. The van der Waals surface area contributed by atoms with Gasteiger partial charge in [0, 0.05) is 11.9 Å². The van der Waals surface area contributed by atoms with Crippen molar-refractivity contribution in [3.05, 3.63) is 39.7 Å². The van der Waals surface area contributed by atoms with Gasteiger partial charge >= 0.3 is 17.9 Å². The summed E-state index contributed by atoms with van der Waals surface area (Å²) in [4.78, 5) is 53.3. The van der Waals surface area contributed by atoms with Gasteiger partial charge in [0.25, 0.3) is 5.91 Å². The zero-order valence-corrected chi connectivity index (χ0v) is 19.4. The van der Waals surface area contributed by atoms with E-state index < -0.39 is 30.4 Å². The van der Waals surface area contributed by atoms with E-state index in [0.717, 1.165) is 11.3 Å². The largest absolute Gasteiger partial charge is 0.462 e. The maximum Gasteiger partial charge on any atom is 0.358 e. The van der Waals surface area contributed by atoms with Crippen LogP contribution in [0.5, 0.6) is 0 Å². The zero-order chi connectivity index (χ0) is 23.7. The fourth-order valence-corrected chi connectivity index (χ4v) is 4.21. The van der Waals surface area contributed by atoms with Gasteiger partial charge in [-0.2, -0.15) is 0 Å². The van der Waals surface area contributed by atoms with E-state index in [1.54, 1.807) is 26.8 Å². The van der Waals surface area contributed by atoms with Gasteiger partial charge in [-0.1, -0.05) is 6.08 Å². The van der Waals surface area contributed by atoms with Crippen molar-refractivity contribution in [2.45, 2.75) is 20.8 Å². The normalized spacial score (nSPS) is 10.2. The van der Waals surface area contributed by atoms with Crippen molar-refractivity contribution < 1.29 is 33.4 Å². The monoisotopic (exact) mass is 481 g/mol. The lowest BCUT2D eigenvalue weighted by Crippen LogP contribution is -2.22. The van der Waals surface area contributed by atoms with Gasteiger partial charge in [0.2, 0.25) is 0 Å². The van der Waals surface area contributed by atoms with Crippen LogP contribution < -0.4 is 10.6 Å². The van der Waals surface area contributed by atoms with E-state index in [1.165, 1.54) is 16.7 Å². The Morgan fingerprint density at radius 3 is 2.44 bits per heavy atom. The van der Waals surface area contributed by atoms with E-state index in [1.807, 2.05) is 0 Å². The minimum atomic E-state index is -0.775. The predicted molar refractivity (Wildman–Crippen MR) is 121 cm³/mol. The number of thiophene rings is 1. The molecule has 0 saturated heterocycles. The lowest BCUT2D eigenvalue weighted by Gasteiger charge is -2.07. The molecule has 2 aromatic rings. The molecule has 0 unspecified atom stereocenters. The number of rotatable bonds is 11. The maximum atomic E-state index is 12.4. The summed E-state index contributed by atoms with van der Waals surface area (Å²) in [6, 6.07) is 0. The first-order valence-electron chi connectivity index (χ1n) is 9.57. The summed E-state index contributed by atoms with van der Waals surface area (Å²) in [5.41, 5.74) is 0.441. The molecule has 10 nitrogen and oxygen atoms in total. The summed E-state index contributed by atoms with van der Waals surface area (Å²) in [5.74, 6) is -2.77. The van der Waals surface area contributed by atoms with Crippen LogP contribution in [0.25, 0.3) is 0 Å². The molecule has 0 aliphatic heterocycles. The van der Waals surface area contributed by atoms with Crippen LogP contribution >= 0.6 is 22.7 Å². The first-order valence-corrected chi connectivity index (χ1v) is 11.3. The Morgan fingerprint density at radius 2 is 1.78 bits per heavy atom. The molecule has 0 aromatic carbocycles. The summed E-state index contributed by atoms with van der Waals surface area (Å²) >= 11 is 2.09. The molecule has 2 aromatic heterocycles. The Balaban J connectivity index is 2.09. The number of anilines is 2. The fourth-order valence-electron chi connectivity index (χ4n) is 2.42. The minimum Gasteiger partial charge on any atom is -0.462 e.